The Balaban J connectivity index is 1.89. The molecule has 146 valence electrons. The second-order valence-corrected chi connectivity index (χ2v) is 8.23. The lowest BCUT2D eigenvalue weighted by molar-refractivity contribution is 0.355. The van der Waals surface area contributed by atoms with E-state index in [0.29, 0.717) is 32.9 Å². The molecular formula is C19H17Cl2N3O3S. The number of rotatable bonds is 5. The molecule has 1 fully saturated rings. The number of hydrogen-bond acceptors (Lipinski definition) is 6. The molecular weight excluding hydrogens is 421 g/mol. The molecule has 0 atom stereocenters. The summed E-state index contributed by atoms with van der Waals surface area (Å²) in [5.41, 5.74) is 1.68. The first-order valence-electron chi connectivity index (χ1n) is 8.46. The average Bonchev–Trinajstić information content (AvgIpc) is 2.88. The first-order chi connectivity index (χ1) is 13.5. The molecule has 6 nitrogen and oxygen atoms in total. The van der Waals surface area contributed by atoms with Gasteiger partial charge in [-0.2, -0.15) is 16.9 Å². The fraction of sp³-hybridized carbons (Fsp3) is 0.263. The molecule has 1 aliphatic heterocycles. The lowest BCUT2D eigenvalue weighted by atomic mass is 10.2. The van der Waals surface area contributed by atoms with Gasteiger partial charge in [0.05, 0.1) is 31.5 Å². The molecule has 0 aliphatic carbocycles. The maximum absolute atomic E-state index is 10.9. The first kappa shape index (κ1) is 19.2. The third kappa shape index (κ3) is 3.38. The fourth-order valence-corrected chi connectivity index (χ4v) is 4.41. The summed E-state index contributed by atoms with van der Waals surface area (Å²) < 4.78 is 12.7. The largest absolute Gasteiger partial charge is 0.493 e. The Kier molecular flexibility index (Phi) is 5.31. The molecule has 3 aromatic rings. The van der Waals surface area contributed by atoms with E-state index in [1.54, 1.807) is 38.5 Å². The van der Waals surface area contributed by atoms with Crippen LogP contribution in [0, 0.1) is 0 Å². The summed E-state index contributed by atoms with van der Waals surface area (Å²) in [6, 6.07) is 8.77. The van der Waals surface area contributed by atoms with Gasteiger partial charge >= 0.3 is 0 Å². The predicted molar refractivity (Wildman–Crippen MR) is 114 cm³/mol. The van der Waals surface area contributed by atoms with Crippen LogP contribution in [0.15, 0.2) is 40.6 Å². The van der Waals surface area contributed by atoms with Crippen LogP contribution in [0.25, 0.3) is 10.9 Å². The molecule has 1 aliphatic rings. The lowest BCUT2D eigenvalue weighted by Crippen LogP contribution is -2.22. The van der Waals surface area contributed by atoms with Crippen LogP contribution in [0.4, 0.5) is 11.4 Å². The highest BCUT2D eigenvalue weighted by Gasteiger charge is 2.28. The normalized spacial score (nSPS) is 14.6. The zero-order chi connectivity index (χ0) is 19.8. The van der Waals surface area contributed by atoms with Crippen LogP contribution in [0.3, 0.4) is 0 Å². The molecule has 2 aromatic carbocycles. The second-order valence-electron chi connectivity index (χ2n) is 6.29. The summed E-state index contributed by atoms with van der Waals surface area (Å²) in [6.07, 6.45) is 0. The average molecular weight is 438 g/mol. The van der Waals surface area contributed by atoms with Crippen molar-refractivity contribution >= 4 is 57.2 Å². The lowest BCUT2D eigenvalue weighted by Gasteiger charge is -2.28. The van der Waals surface area contributed by atoms with Crippen molar-refractivity contribution in [2.75, 3.05) is 25.7 Å². The Morgan fingerprint density at radius 2 is 1.64 bits per heavy atom. The van der Waals surface area contributed by atoms with Gasteiger partial charge in [0.1, 0.15) is 0 Å². The van der Waals surface area contributed by atoms with E-state index in [-0.39, 0.29) is 11.9 Å². The van der Waals surface area contributed by atoms with Gasteiger partial charge in [0, 0.05) is 33.0 Å². The molecule has 0 saturated carbocycles. The van der Waals surface area contributed by atoms with E-state index in [9.17, 15) is 5.11 Å². The molecule has 9 heteroatoms. The second kappa shape index (κ2) is 7.73. The van der Waals surface area contributed by atoms with Gasteiger partial charge in [-0.1, -0.05) is 23.2 Å². The summed E-state index contributed by atoms with van der Waals surface area (Å²) in [4.78, 5) is 0. The highest BCUT2D eigenvalue weighted by Crippen LogP contribution is 2.48. The molecule has 2 heterocycles. The molecule has 0 spiro atoms. The van der Waals surface area contributed by atoms with E-state index in [4.69, 9.17) is 32.7 Å². The predicted octanol–water partition coefficient (Wildman–Crippen LogP) is 6.37. The summed E-state index contributed by atoms with van der Waals surface area (Å²) in [7, 11) is 3.15. The van der Waals surface area contributed by atoms with Crippen LogP contribution >= 0.6 is 35.0 Å². The number of nitrogens with zero attached hydrogens (tertiary/aromatic N) is 3. The van der Waals surface area contributed by atoms with Gasteiger partial charge in [0.25, 0.3) is 0 Å². The van der Waals surface area contributed by atoms with Gasteiger partial charge in [-0.15, -0.1) is 5.11 Å². The quantitative estimate of drug-likeness (QED) is 0.470. The third-order valence-electron chi connectivity index (χ3n) is 4.55. The molecule has 1 aromatic heterocycles. The molecule has 0 unspecified atom stereocenters. The van der Waals surface area contributed by atoms with Crippen LogP contribution in [-0.2, 0) is 0 Å². The Morgan fingerprint density at radius 1 is 1.00 bits per heavy atom. The number of aromatic hydroxyl groups is 1. The Hall–Kier alpha value is -2.09. The Labute approximate surface area is 176 Å². The minimum Gasteiger partial charge on any atom is -0.493 e. The van der Waals surface area contributed by atoms with Crippen molar-refractivity contribution in [2.24, 2.45) is 10.2 Å². The number of fused-ring (bicyclic) bond motifs is 1. The van der Waals surface area contributed by atoms with Crippen molar-refractivity contribution in [3.8, 4) is 17.4 Å². The number of hydrogen-bond donors (Lipinski definition) is 1. The van der Waals surface area contributed by atoms with Gasteiger partial charge in [-0.05, 0) is 24.3 Å². The standard InChI is InChI=1S/C19H17Cl2N3O3S/c1-26-16-6-14-15(7-17(16)27-2)24(13-8-28-9-13)19(25)18(14)23-22-12-4-10(20)3-11(21)5-12/h3-7,13,25H,8-9H2,1-2H3. The van der Waals surface area contributed by atoms with E-state index >= 15 is 0 Å². The van der Waals surface area contributed by atoms with Gasteiger partial charge in [0.2, 0.25) is 5.88 Å². The minimum atomic E-state index is 0.0625. The highest BCUT2D eigenvalue weighted by atomic mass is 35.5. The number of benzene rings is 2. The van der Waals surface area contributed by atoms with Crippen molar-refractivity contribution < 1.29 is 14.6 Å². The maximum atomic E-state index is 10.9. The number of ether oxygens (including phenoxy) is 2. The number of halogens is 2. The molecule has 0 bridgehead atoms. The monoisotopic (exact) mass is 437 g/mol. The molecule has 28 heavy (non-hydrogen) atoms. The van der Waals surface area contributed by atoms with Gasteiger partial charge in [-0.25, -0.2) is 0 Å². The molecule has 0 radical (unpaired) electrons. The van der Waals surface area contributed by atoms with Crippen molar-refractivity contribution in [1.82, 2.24) is 4.57 Å². The number of thioether (sulfide) groups is 1. The van der Waals surface area contributed by atoms with Gasteiger partial charge < -0.3 is 19.1 Å². The highest BCUT2D eigenvalue weighted by molar-refractivity contribution is 8.00. The Morgan fingerprint density at radius 3 is 2.21 bits per heavy atom. The summed E-state index contributed by atoms with van der Waals surface area (Å²) >= 11 is 13.9. The summed E-state index contributed by atoms with van der Waals surface area (Å²) in [5.74, 6) is 3.05. The number of methoxy groups -OCH3 is 2. The number of azo groups is 1. The summed E-state index contributed by atoms with van der Waals surface area (Å²) in [5, 5.41) is 21.1. The topological polar surface area (TPSA) is 68.3 Å². The van der Waals surface area contributed by atoms with Gasteiger partial charge in [0.15, 0.2) is 17.2 Å². The van der Waals surface area contributed by atoms with E-state index in [2.05, 4.69) is 10.2 Å². The molecule has 4 rings (SSSR count). The van der Waals surface area contributed by atoms with E-state index in [1.165, 1.54) is 0 Å². The zero-order valence-electron chi connectivity index (χ0n) is 15.1. The van der Waals surface area contributed by atoms with Crippen LogP contribution < -0.4 is 9.47 Å². The fourth-order valence-electron chi connectivity index (χ4n) is 3.15. The molecule has 1 saturated heterocycles. The van der Waals surface area contributed by atoms with E-state index in [0.717, 1.165) is 22.4 Å². The van der Waals surface area contributed by atoms with E-state index in [1.807, 2.05) is 22.4 Å². The Bertz CT molecular complexity index is 1060. The van der Waals surface area contributed by atoms with Crippen molar-refractivity contribution in [3.63, 3.8) is 0 Å². The van der Waals surface area contributed by atoms with Crippen molar-refractivity contribution in [1.29, 1.82) is 0 Å². The number of aromatic nitrogens is 1. The van der Waals surface area contributed by atoms with Gasteiger partial charge in [-0.3, -0.25) is 0 Å². The molecule has 0 amide bonds. The van der Waals surface area contributed by atoms with E-state index < -0.39 is 0 Å². The zero-order valence-corrected chi connectivity index (χ0v) is 17.5. The SMILES string of the molecule is COc1cc2c(N=Nc3cc(Cl)cc(Cl)c3)c(O)n(C3CSC3)c2cc1OC. The maximum Gasteiger partial charge on any atom is 0.221 e. The molecule has 1 N–H and O–H groups in total. The first-order valence-corrected chi connectivity index (χ1v) is 10.4. The third-order valence-corrected chi connectivity index (χ3v) is 6.23. The minimum absolute atomic E-state index is 0.0625. The van der Waals surface area contributed by atoms with Crippen LogP contribution in [0.1, 0.15) is 6.04 Å². The van der Waals surface area contributed by atoms with Crippen molar-refractivity contribution in [3.05, 3.63) is 40.4 Å². The van der Waals surface area contributed by atoms with Crippen LogP contribution in [0.2, 0.25) is 10.0 Å². The smallest absolute Gasteiger partial charge is 0.221 e. The van der Waals surface area contributed by atoms with Crippen LogP contribution in [0.5, 0.6) is 17.4 Å². The van der Waals surface area contributed by atoms with Crippen molar-refractivity contribution in [2.45, 2.75) is 6.04 Å². The summed E-state index contributed by atoms with van der Waals surface area (Å²) in [6.45, 7) is 0. The van der Waals surface area contributed by atoms with Crippen LogP contribution in [-0.4, -0.2) is 35.4 Å².